The number of fused-ring (bicyclic) bond motifs is 1. The van der Waals surface area contributed by atoms with E-state index in [2.05, 4.69) is 0 Å². The van der Waals surface area contributed by atoms with Gasteiger partial charge < -0.3 is 24.7 Å². The van der Waals surface area contributed by atoms with E-state index in [1.807, 2.05) is 25.1 Å². The third kappa shape index (κ3) is 1.76. The second kappa shape index (κ2) is 3.87. The molecule has 2 aliphatic heterocycles. The van der Waals surface area contributed by atoms with E-state index in [9.17, 15) is 0 Å². The van der Waals surface area contributed by atoms with Gasteiger partial charge in [0, 0.05) is 12.1 Å². The Balaban J connectivity index is 1.89. The summed E-state index contributed by atoms with van der Waals surface area (Å²) in [5.74, 6) is 0.739. The lowest BCUT2D eigenvalue weighted by molar-refractivity contribution is -0.160. The predicted molar refractivity (Wildman–Crippen MR) is 59.8 cm³/mol. The Kier molecular flexibility index (Phi) is 2.47. The van der Waals surface area contributed by atoms with Crippen molar-refractivity contribution in [2.45, 2.75) is 18.8 Å². The third-order valence-electron chi connectivity index (χ3n) is 3.10. The zero-order chi connectivity index (χ0) is 11.9. The van der Waals surface area contributed by atoms with Gasteiger partial charge >= 0.3 is 0 Å². The van der Waals surface area contributed by atoms with Gasteiger partial charge in [0.25, 0.3) is 0 Å². The highest BCUT2D eigenvalue weighted by atomic mass is 16.7. The molecule has 0 aliphatic carbocycles. The Bertz CT molecular complexity index is 437. The predicted octanol–water partition coefficient (Wildman–Crippen LogP) is 0.962. The molecule has 2 unspecified atom stereocenters. The fourth-order valence-corrected chi connectivity index (χ4v) is 2.08. The van der Waals surface area contributed by atoms with Crippen molar-refractivity contribution in [3.8, 4) is 11.5 Å². The van der Waals surface area contributed by atoms with Crippen LogP contribution in [0.25, 0.3) is 0 Å². The minimum Gasteiger partial charge on any atom is -0.454 e. The van der Waals surface area contributed by atoms with Crippen molar-refractivity contribution in [1.82, 2.24) is 0 Å². The average molecular weight is 237 g/mol. The first-order valence-corrected chi connectivity index (χ1v) is 5.63. The molecule has 3 rings (SSSR count). The number of rotatable bonds is 2. The van der Waals surface area contributed by atoms with Crippen molar-refractivity contribution in [2.75, 3.05) is 19.9 Å². The van der Waals surface area contributed by atoms with Crippen LogP contribution < -0.4 is 15.2 Å². The van der Waals surface area contributed by atoms with E-state index in [0.717, 1.165) is 17.1 Å². The molecule has 0 spiro atoms. The van der Waals surface area contributed by atoms with Crippen LogP contribution in [0.5, 0.6) is 11.5 Å². The van der Waals surface area contributed by atoms with Gasteiger partial charge in [0.05, 0.1) is 12.7 Å². The van der Waals surface area contributed by atoms with Gasteiger partial charge in [-0.05, 0) is 25.1 Å². The van der Waals surface area contributed by atoms with Crippen molar-refractivity contribution >= 4 is 0 Å². The molecule has 2 N–H and O–H groups in total. The molecule has 17 heavy (non-hydrogen) atoms. The number of benzene rings is 1. The van der Waals surface area contributed by atoms with Gasteiger partial charge in [-0.1, -0.05) is 0 Å². The molecule has 2 aliphatic rings. The molecular formula is C12H15NO4. The SMILES string of the molecule is CC1(c2ccc3c(c2)OCO3)OCC(CN)O1. The zero-order valence-corrected chi connectivity index (χ0v) is 9.64. The molecule has 5 heteroatoms. The average Bonchev–Trinajstić information content (AvgIpc) is 2.94. The van der Waals surface area contributed by atoms with Gasteiger partial charge in [-0.2, -0.15) is 0 Å². The topological polar surface area (TPSA) is 62.9 Å². The highest BCUT2D eigenvalue weighted by molar-refractivity contribution is 5.45. The lowest BCUT2D eigenvalue weighted by Gasteiger charge is -2.23. The first-order valence-electron chi connectivity index (χ1n) is 5.63. The lowest BCUT2D eigenvalue weighted by atomic mass is 10.1. The van der Waals surface area contributed by atoms with Gasteiger partial charge in [0.1, 0.15) is 0 Å². The fraction of sp³-hybridized carbons (Fsp3) is 0.500. The number of ether oxygens (including phenoxy) is 4. The van der Waals surface area contributed by atoms with Crippen molar-refractivity contribution in [1.29, 1.82) is 0 Å². The summed E-state index contributed by atoms with van der Waals surface area (Å²) in [5.41, 5.74) is 6.49. The molecule has 2 atom stereocenters. The van der Waals surface area contributed by atoms with Crippen LogP contribution in [0.4, 0.5) is 0 Å². The smallest absolute Gasteiger partial charge is 0.231 e. The monoisotopic (exact) mass is 237 g/mol. The summed E-state index contributed by atoms with van der Waals surface area (Å²) >= 11 is 0. The van der Waals surface area contributed by atoms with Crippen molar-refractivity contribution in [3.05, 3.63) is 23.8 Å². The van der Waals surface area contributed by atoms with Crippen molar-refractivity contribution in [2.24, 2.45) is 5.73 Å². The third-order valence-corrected chi connectivity index (χ3v) is 3.10. The molecule has 0 saturated carbocycles. The van der Waals surface area contributed by atoms with Crippen LogP contribution in [-0.4, -0.2) is 26.0 Å². The fourth-order valence-electron chi connectivity index (χ4n) is 2.08. The Hall–Kier alpha value is -1.30. The van der Waals surface area contributed by atoms with Crippen LogP contribution in [0.3, 0.4) is 0 Å². The summed E-state index contributed by atoms with van der Waals surface area (Å²) in [4.78, 5) is 0. The summed E-state index contributed by atoms with van der Waals surface area (Å²) in [6.45, 7) is 3.13. The van der Waals surface area contributed by atoms with Crippen LogP contribution in [0.15, 0.2) is 18.2 Å². The molecule has 0 bridgehead atoms. The van der Waals surface area contributed by atoms with Crippen LogP contribution in [0.1, 0.15) is 12.5 Å². The van der Waals surface area contributed by atoms with Crippen molar-refractivity contribution < 1.29 is 18.9 Å². The molecule has 0 radical (unpaired) electrons. The van der Waals surface area contributed by atoms with E-state index < -0.39 is 5.79 Å². The molecule has 0 aromatic heterocycles. The molecule has 2 heterocycles. The maximum atomic E-state index is 5.80. The van der Waals surface area contributed by atoms with Crippen molar-refractivity contribution in [3.63, 3.8) is 0 Å². The molecule has 92 valence electrons. The molecule has 1 saturated heterocycles. The normalized spacial score (nSPS) is 30.8. The Morgan fingerprint density at radius 3 is 2.94 bits per heavy atom. The largest absolute Gasteiger partial charge is 0.454 e. The van der Waals surface area contributed by atoms with Gasteiger partial charge in [-0.25, -0.2) is 0 Å². The maximum absolute atomic E-state index is 5.80. The zero-order valence-electron chi connectivity index (χ0n) is 9.64. The van der Waals surface area contributed by atoms with E-state index in [1.165, 1.54) is 0 Å². The first-order chi connectivity index (χ1) is 8.21. The van der Waals surface area contributed by atoms with E-state index in [0.29, 0.717) is 13.2 Å². The summed E-state index contributed by atoms with van der Waals surface area (Å²) < 4.78 is 22.1. The summed E-state index contributed by atoms with van der Waals surface area (Å²) in [7, 11) is 0. The van der Waals surface area contributed by atoms with E-state index in [-0.39, 0.29) is 12.9 Å². The molecule has 5 nitrogen and oxygen atoms in total. The highest BCUT2D eigenvalue weighted by Gasteiger charge is 2.39. The van der Waals surface area contributed by atoms with Gasteiger partial charge in [0.2, 0.25) is 6.79 Å². The quantitative estimate of drug-likeness (QED) is 0.830. The standard InChI is InChI=1S/C12H15NO4/c1-12(16-6-9(5-13)17-12)8-2-3-10-11(4-8)15-7-14-10/h2-4,9H,5-7,13H2,1H3. The molecule has 1 aromatic rings. The highest BCUT2D eigenvalue weighted by Crippen LogP contribution is 2.39. The van der Waals surface area contributed by atoms with Crippen LogP contribution in [0, 0.1) is 0 Å². The number of nitrogens with two attached hydrogens (primary N) is 1. The van der Waals surface area contributed by atoms with E-state index in [4.69, 9.17) is 24.7 Å². The first kappa shape index (κ1) is 10.8. The van der Waals surface area contributed by atoms with Crippen LogP contribution in [-0.2, 0) is 15.3 Å². The van der Waals surface area contributed by atoms with E-state index in [1.54, 1.807) is 0 Å². The number of hydrogen-bond donors (Lipinski definition) is 1. The molecule has 0 amide bonds. The summed E-state index contributed by atoms with van der Waals surface area (Å²) in [6, 6.07) is 5.68. The minimum atomic E-state index is -0.745. The van der Waals surface area contributed by atoms with Gasteiger partial charge in [-0.15, -0.1) is 0 Å². The Labute approximate surface area is 99.4 Å². The van der Waals surface area contributed by atoms with E-state index >= 15 is 0 Å². The minimum absolute atomic E-state index is 0.0505. The molecule has 1 aromatic carbocycles. The van der Waals surface area contributed by atoms with Crippen LogP contribution in [0.2, 0.25) is 0 Å². The van der Waals surface area contributed by atoms with Crippen LogP contribution >= 0.6 is 0 Å². The summed E-state index contributed by atoms with van der Waals surface area (Å²) in [5, 5.41) is 0. The molecular weight excluding hydrogens is 222 g/mol. The Morgan fingerprint density at radius 1 is 1.35 bits per heavy atom. The lowest BCUT2D eigenvalue weighted by Crippen LogP contribution is -2.27. The Morgan fingerprint density at radius 2 is 2.18 bits per heavy atom. The molecule has 1 fully saturated rings. The van der Waals surface area contributed by atoms with Gasteiger partial charge in [0.15, 0.2) is 17.3 Å². The number of hydrogen-bond acceptors (Lipinski definition) is 5. The second-order valence-corrected chi connectivity index (χ2v) is 4.30. The second-order valence-electron chi connectivity index (χ2n) is 4.30. The maximum Gasteiger partial charge on any atom is 0.231 e. The van der Waals surface area contributed by atoms with Gasteiger partial charge in [-0.3, -0.25) is 0 Å². The summed E-state index contributed by atoms with van der Waals surface area (Å²) in [6.07, 6.45) is -0.0505.